The molecule has 6 nitrogen and oxygen atoms in total. The molecule has 0 bridgehead atoms. The molecule has 2 fully saturated rings. The Morgan fingerprint density at radius 1 is 1.44 bits per heavy atom. The van der Waals surface area contributed by atoms with Crippen LogP contribution in [-0.4, -0.2) is 83.8 Å². The Balaban J connectivity index is 1.72. The molecule has 0 aliphatic carbocycles. The first-order chi connectivity index (χ1) is 13.0. The van der Waals surface area contributed by atoms with Crippen LogP contribution >= 0.6 is 23.4 Å². The molecule has 3 rings (SSSR count). The van der Waals surface area contributed by atoms with Crippen molar-refractivity contribution < 1.29 is 4.74 Å². The van der Waals surface area contributed by atoms with Crippen LogP contribution in [0.4, 0.5) is 0 Å². The summed E-state index contributed by atoms with van der Waals surface area (Å²) < 4.78 is 7.64. The van der Waals surface area contributed by atoms with Gasteiger partial charge in [0, 0.05) is 51.4 Å². The molecule has 2 saturated heterocycles. The molecule has 2 aliphatic heterocycles. The Bertz CT molecular complexity index is 638. The molecule has 0 spiro atoms. The lowest BCUT2D eigenvalue weighted by Crippen LogP contribution is -2.56. The van der Waals surface area contributed by atoms with E-state index in [-0.39, 0.29) is 5.54 Å². The number of aliphatic imine (C=N–C) groups is 1. The third-order valence-electron chi connectivity index (χ3n) is 5.46. The van der Waals surface area contributed by atoms with Crippen molar-refractivity contribution in [2.24, 2.45) is 12.0 Å². The van der Waals surface area contributed by atoms with Crippen LogP contribution in [0.25, 0.3) is 0 Å². The molecule has 0 saturated carbocycles. The topological polar surface area (TPSA) is 45.0 Å². The van der Waals surface area contributed by atoms with Gasteiger partial charge in [0.25, 0.3) is 0 Å². The van der Waals surface area contributed by atoms with Crippen LogP contribution in [0.3, 0.4) is 0 Å². The van der Waals surface area contributed by atoms with Crippen LogP contribution in [0.5, 0.6) is 0 Å². The maximum Gasteiger partial charge on any atom is 0.194 e. The average Bonchev–Trinajstić information content (AvgIpc) is 3.26. The first-order valence-corrected chi connectivity index (χ1v) is 11.3. The van der Waals surface area contributed by atoms with Crippen molar-refractivity contribution in [2.45, 2.75) is 25.4 Å². The lowest BCUT2D eigenvalue weighted by Gasteiger charge is -2.42. The Kier molecular flexibility index (Phi) is 7.36. The van der Waals surface area contributed by atoms with E-state index in [2.05, 4.69) is 45.4 Å². The number of thioether (sulfide) groups is 1. The number of guanidine groups is 1. The van der Waals surface area contributed by atoms with Gasteiger partial charge in [-0.15, -0.1) is 0 Å². The van der Waals surface area contributed by atoms with E-state index in [1.165, 1.54) is 17.9 Å². The smallest absolute Gasteiger partial charge is 0.194 e. The highest BCUT2D eigenvalue weighted by Crippen LogP contribution is 2.34. The Morgan fingerprint density at radius 2 is 2.22 bits per heavy atom. The van der Waals surface area contributed by atoms with Crippen LogP contribution in [-0.2, 0) is 18.3 Å². The second kappa shape index (κ2) is 9.54. The van der Waals surface area contributed by atoms with Gasteiger partial charge in [-0.1, -0.05) is 11.6 Å². The zero-order valence-electron chi connectivity index (χ0n) is 16.7. The van der Waals surface area contributed by atoms with Crippen molar-refractivity contribution in [3.63, 3.8) is 0 Å². The number of halogens is 1. The predicted molar refractivity (Wildman–Crippen MR) is 115 cm³/mol. The van der Waals surface area contributed by atoms with Crippen molar-refractivity contribution >= 4 is 29.3 Å². The summed E-state index contributed by atoms with van der Waals surface area (Å²) in [5.41, 5.74) is 1.34. The molecule has 1 unspecified atom stereocenters. The molecule has 3 heterocycles. The monoisotopic (exact) mass is 413 g/mol. The number of nitrogens with zero attached hydrogens (tertiary/aromatic N) is 4. The Hall–Kier alpha value is -0.890. The number of ether oxygens (including phenoxy) is 1. The molecule has 1 aromatic rings. The van der Waals surface area contributed by atoms with Crippen LogP contribution in [0.15, 0.2) is 17.3 Å². The Labute approximate surface area is 172 Å². The van der Waals surface area contributed by atoms with Crippen LogP contribution < -0.4 is 5.32 Å². The summed E-state index contributed by atoms with van der Waals surface area (Å²) in [6, 6.07) is 2.02. The minimum atomic E-state index is 0.171. The van der Waals surface area contributed by atoms with Crippen molar-refractivity contribution in [1.82, 2.24) is 19.7 Å². The van der Waals surface area contributed by atoms with Crippen LogP contribution in [0.1, 0.15) is 19.0 Å². The van der Waals surface area contributed by atoms with E-state index in [4.69, 9.17) is 21.3 Å². The van der Waals surface area contributed by atoms with Gasteiger partial charge in [-0.05, 0) is 25.2 Å². The van der Waals surface area contributed by atoms with E-state index in [9.17, 15) is 0 Å². The first kappa shape index (κ1) is 20.8. The number of hydrogen-bond acceptors (Lipinski definition) is 4. The molecule has 1 aromatic heterocycles. The fourth-order valence-corrected chi connectivity index (χ4v) is 5.58. The summed E-state index contributed by atoms with van der Waals surface area (Å²) in [6.45, 7) is 8.29. The summed E-state index contributed by atoms with van der Waals surface area (Å²) in [5, 5.41) is 4.23. The predicted octanol–water partition coefficient (Wildman–Crippen LogP) is 2.28. The lowest BCUT2D eigenvalue weighted by molar-refractivity contribution is -0.0105. The molecule has 152 valence electrons. The minimum Gasteiger partial charge on any atom is -0.379 e. The normalized spacial score (nSPS) is 24.4. The van der Waals surface area contributed by atoms with Crippen LogP contribution in [0, 0.1) is 0 Å². The summed E-state index contributed by atoms with van der Waals surface area (Å²) in [6.07, 6.45) is 3.15. The number of hydrogen-bond donors (Lipinski definition) is 1. The van der Waals surface area contributed by atoms with Gasteiger partial charge in [-0.3, -0.25) is 9.89 Å². The van der Waals surface area contributed by atoms with Crippen LogP contribution in [0.2, 0.25) is 5.02 Å². The van der Waals surface area contributed by atoms with Gasteiger partial charge in [-0.25, -0.2) is 0 Å². The van der Waals surface area contributed by atoms with Gasteiger partial charge < -0.3 is 19.5 Å². The number of nitrogens with one attached hydrogen (secondary N) is 1. The first-order valence-electron chi connectivity index (χ1n) is 9.75. The summed E-state index contributed by atoms with van der Waals surface area (Å²) >= 11 is 8.19. The number of morpholine rings is 1. The van der Waals surface area contributed by atoms with Crippen molar-refractivity contribution in [3.8, 4) is 0 Å². The van der Waals surface area contributed by atoms with Gasteiger partial charge in [-0.2, -0.15) is 11.8 Å². The second-order valence-electron chi connectivity index (χ2n) is 7.41. The summed E-state index contributed by atoms with van der Waals surface area (Å²) in [7, 11) is 4.12. The molecule has 2 aliphatic rings. The van der Waals surface area contributed by atoms with Crippen molar-refractivity contribution in [3.05, 3.63) is 23.0 Å². The zero-order chi connectivity index (χ0) is 19.3. The van der Waals surface area contributed by atoms with Gasteiger partial charge >= 0.3 is 0 Å². The highest BCUT2D eigenvalue weighted by Gasteiger charge is 2.40. The molecule has 1 atom stereocenters. The molecule has 0 radical (unpaired) electrons. The third kappa shape index (κ3) is 5.13. The zero-order valence-corrected chi connectivity index (χ0v) is 18.3. The fourth-order valence-electron chi connectivity index (χ4n) is 3.84. The molecular formula is C19H32ClN5OS. The van der Waals surface area contributed by atoms with Gasteiger partial charge in [0.15, 0.2) is 5.96 Å². The number of rotatable bonds is 6. The van der Waals surface area contributed by atoms with E-state index in [0.717, 1.165) is 62.7 Å². The molecule has 0 aromatic carbocycles. The van der Waals surface area contributed by atoms with E-state index in [1.54, 1.807) is 0 Å². The maximum atomic E-state index is 6.14. The van der Waals surface area contributed by atoms with Gasteiger partial charge in [0.05, 0.1) is 36.9 Å². The molecule has 1 N–H and O–H groups in total. The lowest BCUT2D eigenvalue weighted by atomic mass is 9.96. The highest BCUT2D eigenvalue weighted by molar-refractivity contribution is 7.99. The molecule has 27 heavy (non-hydrogen) atoms. The largest absolute Gasteiger partial charge is 0.379 e. The molecule has 0 amide bonds. The minimum absolute atomic E-state index is 0.171. The third-order valence-corrected chi connectivity index (χ3v) is 6.90. The van der Waals surface area contributed by atoms with Crippen molar-refractivity contribution in [1.29, 1.82) is 0 Å². The van der Waals surface area contributed by atoms with Gasteiger partial charge in [0.2, 0.25) is 0 Å². The van der Waals surface area contributed by atoms with Crippen molar-refractivity contribution in [2.75, 3.05) is 57.9 Å². The molecule has 8 heteroatoms. The fraction of sp³-hybridized carbons (Fsp3) is 0.737. The highest BCUT2D eigenvalue weighted by atomic mass is 35.5. The van der Waals surface area contributed by atoms with E-state index in [0.29, 0.717) is 0 Å². The summed E-state index contributed by atoms with van der Waals surface area (Å²) in [4.78, 5) is 9.87. The van der Waals surface area contributed by atoms with E-state index < -0.39 is 0 Å². The Morgan fingerprint density at radius 3 is 2.81 bits per heavy atom. The quantitative estimate of drug-likeness (QED) is 0.572. The van der Waals surface area contributed by atoms with E-state index in [1.807, 2.05) is 19.3 Å². The summed E-state index contributed by atoms with van der Waals surface area (Å²) in [5.74, 6) is 3.34. The number of aryl methyl sites for hydroxylation is 1. The average molecular weight is 414 g/mol. The number of aromatic nitrogens is 1. The standard InChI is InChI=1S/C19H32ClN5OS/c1-4-21-18(24(3)13-17-11-16(20)12-23(17)2)22-14-19(5-10-27-15-19)25-6-8-26-9-7-25/h11-12H,4-10,13-15H2,1-3H3,(H,21,22). The van der Waals surface area contributed by atoms with E-state index >= 15 is 0 Å². The second-order valence-corrected chi connectivity index (χ2v) is 8.95. The SMILES string of the molecule is CCNC(=NCC1(N2CCOCC2)CCSC1)N(C)Cc1cc(Cl)cn1C. The molecular weight excluding hydrogens is 382 g/mol. The van der Waals surface area contributed by atoms with Gasteiger partial charge in [0.1, 0.15) is 0 Å². The maximum absolute atomic E-state index is 6.14.